The van der Waals surface area contributed by atoms with Crippen molar-refractivity contribution in [1.82, 2.24) is 10.2 Å². The number of nitrogens with zero attached hydrogens (tertiary/aromatic N) is 1. The van der Waals surface area contributed by atoms with Crippen LogP contribution in [0.2, 0.25) is 0 Å². The number of aliphatic hydroxyl groups excluding tert-OH is 1. The van der Waals surface area contributed by atoms with Crippen molar-refractivity contribution >= 4 is 11.9 Å². The molecule has 0 aromatic heterocycles. The van der Waals surface area contributed by atoms with Crippen LogP contribution < -0.4 is 10.1 Å². The molecular weight excluding hydrogens is 344 g/mol. The number of urea groups is 1. The van der Waals surface area contributed by atoms with E-state index in [1.807, 2.05) is 55.5 Å². The van der Waals surface area contributed by atoms with Gasteiger partial charge in [0.15, 0.2) is 0 Å². The molecule has 0 saturated carbocycles. The standard InChI is InChI=1S/C21H22N2O4/c1-14-6-2-5-9-18(14)27-13-16(24)12-23-19(25)21(22-20(23)26)11-10-15-7-3-4-8-17(15)21/h2-9,16,24H,10-13H2,1H3,(H,22,26)/t16-,21-/m1/s1. The maximum atomic E-state index is 13.1. The molecule has 0 bridgehead atoms. The van der Waals surface area contributed by atoms with E-state index < -0.39 is 17.7 Å². The lowest BCUT2D eigenvalue weighted by Gasteiger charge is -2.23. The third kappa shape index (κ3) is 2.96. The minimum atomic E-state index is -0.996. The summed E-state index contributed by atoms with van der Waals surface area (Å²) in [4.78, 5) is 26.6. The van der Waals surface area contributed by atoms with E-state index in [1.54, 1.807) is 0 Å². The maximum absolute atomic E-state index is 13.1. The predicted octanol–water partition coefficient (Wildman–Crippen LogP) is 2.13. The second-order valence-corrected chi connectivity index (χ2v) is 7.14. The van der Waals surface area contributed by atoms with Gasteiger partial charge in [-0.05, 0) is 42.5 Å². The van der Waals surface area contributed by atoms with Crippen molar-refractivity contribution in [2.45, 2.75) is 31.4 Å². The summed E-state index contributed by atoms with van der Waals surface area (Å²) < 4.78 is 5.63. The van der Waals surface area contributed by atoms with Crippen molar-refractivity contribution in [2.24, 2.45) is 0 Å². The largest absolute Gasteiger partial charge is 0.491 e. The van der Waals surface area contributed by atoms with Crippen molar-refractivity contribution in [2.75, 3.05) is 13.2 Å². The second kappa shape index (κ2) is 6.70. The smallest absolute Gasteiger partial charge is 0.325 e. The molecule has 6 nitrogen and oxygen atoms in total. The van der Waals surface area contributed by atoms with Gasteiger partial charge in [-0.2, -0.15) is 0 Å². The zero-order chi connectivity index (χ0) is 19.0. The molecule has 3 amide bonds. The molecule has 1 aliphatic heterocycles. The van der Waals surface area contributed by atoms with Gasteiger partial charge in [-0.3, -0.25) is 9.69 Å². The highest BCUT2D eigenvalue weighted by atomic mass is 16.5. The molecule has 1 fully saturated rings. The van der Waals surface area contributed by atoms with Gasteiger partial charge in [-0.25, -0.2) is 4.79 Å². The highest BCUT2D eigenvalue weighted by molar-refractivity contribution is 6.08. The second-order valence-electron chi connectivity index (χ2n) is 7.14. The quantitative estimate of drug-likeness (QED) is 0.795. The first-order chi connectivity index (χ1) is 13.0. The van der Waals surface area contributed by atoms with Crippen LogP contribution in [0.4, 0.5) is 4.79 Å². The van der Waals surface area contributed by atoms with E-state index >= 15 is 0 Å². The summed E-state index contributed by atoms with van der Waals surface area (Å²) in [5.41, 5.74) is 1.90. The SMILES string of the molecule is Cc1ccccc1OC[C@H](O)CN1C(=O)N[C@@]2(CCc3ccccc32)C1=O. The topological polar surface area (TPSA) is 78.9 Å². The van der Waals surface area contributed by atoms with Crippen LogP contribution in [0.3, 0.4) is 0 Å². The summed E-state index contributed by atoms with van der Waals surface area (Å²) in [7, 11) is 0. The number of rotatable bonds is 5. The van der Waals surface area contributed by atoms with Gasteiger partial charge in [0.25, 0.3) is 5.91 Å². The third-order valence-electron chi connectivity index (χ3n) is 5.34. The number of β-amino-alcohol motifs (C(OH)–C–C–N with tert-alkyl or cyclic N) is 1. The lowest BCUT2D eigenvalue weighted by atomic mass is 9.92. The number of nitrogens with one attached hydrogen (secondary N) is 1. The number of amides is 3. The highest BCUT2D eigenvalue weighted by Crippen LogP contribution is 2.41. The van der Waals surface area contributed by atoms with Crippen LogP contribution >= 0.6 is 0 Å². The summed E-state index contributed by atoms with van der Waals surface area (Å²) in [5, 5.41) is 13.2. The number of hydrogen-bond donors (Lipinski definition) is 2. The first-order valence-electron chi connectivity index (χ1n) is 9.10. The summed E-state index contributed by atoms with van der Waals surface area (Å²) in [6.45, 7) is 1.83. The minimum Gasteiger partial charge on any atom is -0.491 e. The summed E-state index contributed by atoms with van der Waals surface area (Å²) in [5.74, 6) is 0.377. The molecule has 2 N–H and O–H groups in total. The van der Waals surface area contributed by atoms with Gasteiger partial charge in [0.1, 0.15) is 24.0 Å². The fraction of sp³-hybridized carbons (Fsp3) is 0.333. The highest BCUT2D eigenvalue weighted by Gasteiger charge is 2.55. The third-order valence-corrected chi connectivity index (χ3v) is 5.34. The van der Waals surface area contributed by atoms with Crippen molar-refractivity contribution < 1.29 is 19.4 Å². The van der Waals surface area contributed by atoms with E-state index in [4.69, 9.17) is 4.74 Å². The van der Waals surface area contributed by atoms with E-state index in [9.17, 15) is 14.7 Å². The molecule has 0 radical (unpaired) electrons. The first-order valence-corrected chi connectivity index (χ1v) is 9.10. The average Bonchev–Trinajstić information content (AvgIpc) is 3.15. The Morgan fingerprint density at radius 2 is 1.93 bits per heavy atom. The molecule has 6 heteroatoms. The Labute approximate surface area is 157 Å². The number of imide groups is 1. The number of benzene rings is 2. The maximum Gasteiger partial charge on any atom is 0.325 e. The number of aryl methyl sites for hydroxylation is 2. The monoisotopic (exact) mass is 366 g/mol. The Hall–Kier alpha value is -2.86. The molecule has 1 aliphatic carbocycles. The van der Waals surface area contributed by atoms with Gasteiger partial charge in [-0.1, -0.05) is 42.5 Å². The molecule has 1 saturated heterocycles. The molecule has 2 aromatic carbocycles. The van der Waals surface area contributed by atoms with Crippen LogP contribution in [-0.4, -0.2) is 41.2 Å². The molecule has 1 spiro atoms. The van der Waals surface area contributed by atoms with Crippen molar-refractivity contribution in [3.05, 3.63) is 65.2 Å². The van der Waals surface area contributed by atoms with Crippen LogP contribution in [0.5, 0.6) is 5.75 Å². The normalized spacial score (nSPS) is 22.1. The van der Waals surface area contributed by atoms with Crippen LogP contribution in [-0.2, 0) is 16.8 Å². The van der Waals surface area contributed by atoms with Crippen LogP contribution in [0.1, 0.15) is 23.1 Å². The van der Waals surface area contributed by atoms with Gasteiger partial charge in [0.05, 0.1) is 6.54 Å². The first kappa shape index (κ1) is 17.5. The number of ether oxygens (including phenoxy) is 1. The average molecular weight is 366 g/mol. The van der Waals surface area contributed by atoms with Gasteiger partial charge in [0, 0.05) is 0 Å². The van der Waals surface area contributed by atoms with Gasteiger partial charge in [-0.15, -0.1) is 0 Å². The lowest BCUT2D eigenvalue weighted by Crippen LogP contribution is -2.43. The molecule has 4 rings (SSSR count). The van der Waals surface area contributed by atoms with E-state index in [2.05, 4.69) is 5.32 Å². The summed E-state index contributed by atoms with van der Waals surface area (Å²) in [6.07, 6.45) is 0.323. The summed E-state index contributed by atoms with van der Waals surface area (Å²) >= 11 is 0. The lowest BCUT2D eigenvalue weighted by molar-refractivity contribution is -0.132. The van der Waals surface area contributed by atoms with E-state index in [1.165, 1.54) is 0 Å². The number of para-hydroxylation sites is 1. The number of aliphatic hydroxyl groups is 1. The van der Waals surface area contributed by atoms with Crippen molar-refractivity contribution in [3.63, 3.8) is 0 Å². The molecule has 2 aliphatic rings. The van der Waals surface area contributed by atoms with Crippen LogP contribution in [0.15, 0.2) is 48.5 Å². The Kier molecular flexibility index (Phi) is 4.36. The zero-order valence-corrected chi connectivity index (χ0v) is 15.1. The minimum absolute atomic E-state index is 0.00546. The Morgan fingerprint density at radius 1 is 1.19 bits per heavy atom. The fourth-order valence-electron chi connectivity index (χ4n) is 3.92. The van der Waals surface area contributed by atoms with Gasteiger partial charge < -0.3 is 15.2 Å². The van der Waals surface area contributed by atoms with Gasteiger partial charge >= 0.3 is 6.03 Å². The van der Waals surface area contributed by atoms with E-state index in [0.29, 0.717) is 12.2 Å². The van der Waals surface area contributed by atoms with Crippen LogP contribution in [0.25, 0.3) is 0 Å². The number of carbonyl (C=O) groups is 2. The zero-order valence-electron chi connectivity index (χ0n) is 15.1. The fourth-order valence-corrected chi connectivity index (χ4v) is 3.92. The van der Waals surface area contributed by atoms with Crippen molar-refractivity contribution in [3.8, 4) is 5.75 Å². The van der Waals surface area contributed by atoms with Gasteiger partial charge in [0.2, 0.25) is 0 Å². The predicted molar refractivity (Wildman–Crippen MR) is 99.4 cm³/mol. The molecule has 0 unspecified atom stereocenters. The molecule has 1 heterocycles. The Bertz CT molecular complexity index is 897. The molecule has 2 atom stereocenters. The number of carbonyl (C=O) groups excluding carboxylic acids is 2. The van der Waals surface area contributed by atoms with Crippen LogP contribution in [0, 0.1) is 6.92 Å². The van der Waals surface area contributed by atoms with Crippen molar-refractivity contribution in [1.29, 1.82) is 0 Å². The number of fused-ring (bicyclic) bond motifs is 2. The van der Waals surface area contributed by atoms with E-state index in [0.717, 1.165) is 28.0 Å². The molecule has 140 valence electrons. The summed E-state index contributed by atoms with van der Waals surface area (Å²) in [6, 6.07) is 14.7. The molecular formula is C21H22N2O4. The molecule has 2 aromatic rings. The Morgan fingerprint density at radius 3 is 2.74 bits per heavy atom. The van der Waals surface area contributed by atoms with E-state index in [-0.39, 0.29) is 19.1 Å². The number of hydrogen-bond acceptors (Lipinski definition) is 4. The molecule has 27 heavy (non-hydrogen) atoms. The Balaban J connectivity index is 1.45.